The number of hydrogen-bond acceptors (Lipinski definition) is 7. The predicted octanol–water partition coefficient (Wildman–Crippen LogP) is -1.41. The van der Waals surface area contributed by atoms with Gasteiger partial charge in [-0.05, 0) is 45.2 Å². The molecule has 11 nitrogen and oxygen atoms in total. The van der Waals surface area contributed by atoms with Crippen LogP contribution in [0.15, 0.2) is 12.5 Å². The van der Waals surface area contributed by atoms with Crippen molar-refractivity contribution in [2.24, 2.45) is 17.2 Å². The number of H-pyrrole nitrogens is 1. The van der Waals surface area contributed by atoms with Crippen LogP contribution in [0, 0.1) is 0 Å². The molecule has 0 spiro atoms. The van der Waals surface area contributed by atoms with Crippen molar-refractivity contribution < 1.29 is 19.5 Å². The number of aromatic nitrogens is 2. The summed E-state index contributed by atoms with van der Waals surface area (Å²) >= 11 is 0. The lowest BCUT2D eigenvalue weighted by Crippen LogP contribution is -2.55. The van der Waals surface area contributed by atoms with Crippen molar-refractivity contribution in [1.82, 2.24) is 20.6 Å². The minimum absolute atomic E-state index is 0.103. The predicted molar refractivity (Wildman–Crippen MR) is 108 cm³/mol. The van der Waals surface area contributed by atoms with Crippen molar-refractivity contribution in [2.75, 3.05) is 13.1 Å². The van der Waals surface area contributed by atoms with Crippen LogP contribution in [0.3, 0.4) is 0 Å². The van der Waals surface area contributed by atoms with E-state index < -0.39 is 35.9 Å². The molecule has 0 aromatic carbocycles. The van der Waals surface area contributed by atoms with Crippen molar-refractivity contribution in [3.8, 4) is 0 Å². The van der Waals surface area contributed by atoms with Crippen molar-refractivity contribution in [3.05, 3.63) is 18.2 Å². The number of aromatic amines is 1. The summed E-state index contributed by atoms with van der Waals surface area (Å²) in [5, 5.41) is 14.5. The third-order valence-electron chi connectivity index (χ3n) is 4.47. The van der Waals surface area contributed by atoms with Gasteiger partial charge in [0.05, 0.1) is 18.1 Å². The molecule has 0 aliphatic carbocycles. The van der Waals surface area contributed by atoms with E-state index in [4.69, 9.17) is 17.2 Å². The maximum Gasteiger partial charge on any atom is 0.326 e. The van der Waals surface area contributed by atoms with E-state index in [2.05, 4.69) is 20.6 Å². The molecule has 0 radical (unpaired) electrons. The highest BCUT2D eigenvalue weighted by molar-refractivity contribution is 5.91. The van der Waals surface area contributed by atoms with Crippen LogP contribution in [-0.4, -0.2) is 64.1 Å². The van der Waals surface area contributed by atoms with Gasteiger partial charge >= 0.3 is 5.97 Å². The van der Waals surface area contributed by atoms with Gasteiger partial charge in [-0.15, -0.1) is 0 Å². The lowest BCUT2D eigenvalue weighted by Gasteiger charge is -2.22. The van der Waals surface area contributed by atoms with E-state index >= 15 is 0 Å². The normalized spacial score (nSPS) is 14.0. The second-order valence-electron chi connectivity index (χ2n) is 6.90. The molecule has 1 heterocycles. The summed E-state index contributed by atoms with van der Waals surface area (Å²) in [7, 11) is 0. The second-order valence-corrected chi connectivity index (χ2v) is 6.90. The number of carbonyl (C=O) groups is 3. The van der Waals surface area contributed by atoms with Crippen molar-refractivity contribution in [2.45, 2.75) is 63.1 Å². The van der Waals surface area contributed by atoms with Crippen molar-refractivity contribution >= 4 is 17.8 Å². The molecule has 1 aromatic heterocycles. The number of imidazole rings is 1. The molecule has 29 heavy (non-hydrogen) atoms. The molecule has 164 valence electrons. The van der Waals surface area contributed by atoms with Gasteiger partial charge in [0.1, 0.15) is 12.1 Å². The number of nitrogens with zero attached hydrogens (tertiary/aromatic N) is 1. The van der Waals surface area contributed by atoms with Gasteiger partial charge in [-0.1, -0.05) is 6.42 Å². The zero-order valence-corrected chi connectivity index (χ0v) is 16.6. The van der Waals surface area contributed by atoms with Gasteiger partial charge in [-0.3, -0.25) is 9.59 Å². The number of amides is 2. The number of nitrogens with two attached hydrogens (primary N) is 3. The molecule has 0 saturated carbocycles. The Kier molecular flexibility index (Phi) is 11.5. The summed E-state index contributed by atoms with van der Waals surface area (Å²) in [6, 6.07) is -2.84. The molecular formula is C18H33N7O4. The Bertz CT molecular complexity index is 624. The first-order valence-electron chi connectivity index (χ1n) is 9.86. The number of carboxylic acid groups (broad SMARTS) is 1. The van der Waals surface area contributed by atoms with Crippen LogP contribution in [0.1, 0.15) is 44.2 Å². The molecule has 1 aromatic rings. The van der Waals surface area contributed by atoms with E-state index in [0.29, 0.717) is 44.5 Å². The minimum atomic E-state index is -1.14. The largest absolute Gasteiger partial charge is 0.480 e. The van der Waals surface area contributed by atoms with Gasteiger partial charge < -0.3 is 37.9 Å². The van der Waals surface area contributed by atoms with Crippen LogP contribution in [0.4, 0.5) is 0 Å². The first-order valence-corrected chi connectivity index (χ1v) is 9.86. The highest BCUT2D eigenvalue weighted by Gasteiger charge is 2.28. The lowest BCUT2D eigenvalue weighted by molar-refractivity contribution is -0.142. The number of hydrogen-bond donors (Lipinski definition) is 7. The molecule has 11 heteroatoms. The summed E-state index contributed by atoms with van der Waals surface area (Å²) in [5.74, 6) is -2.22. The third-order valence-corrected chi connectivity index (χ3v) is 4.47. The summed E-state index contributed by atoms with van der Waals surface area (Å²) in [4.78, 5) is 43.4. The summed E-state index contributed by atoms with van der Waals surface area (Å²) in [6.07, 6.45) is 6.52. The topological polar surface area (TPSA) is 202 Å². The summed E-state index contributed by atoms with van der Waals surface area (Å²) in [5.41, 5.74) is 17.3. The zero-order chi connectivity index (χ0) is 21.6. The van der Waals surface area contributed by atoms with E-state index in [0.717, 1.165) is 6.42 Å². The standard InChI is InChI=1S/C18H33N7O4/c19-7-3-1-5-13(21)16(26)25-15(9-12-10-22-11-23-12)17(27)24-14(18(28)29)6-2-4-8-20/h10-11,13-15H,1-9,19-21H2,(H,22,23)(H,24,27)(H,25,26)(H,28,29). The van der Waals surface area contributed by atoms with Gasteiger partial charge in [-0.25, -0.2) is 9.78 Å². The Balaban J connectivity index is 2.77. The summed E-state index contributed by atoms with van der Waals surface area (Å²) < 4.78 is 0. The molecule has 3 unspecified atom stereocenters. The van der Waals surface area contributed by atoms with Gasteiger partial charge in [-0.2, -0.15) is 0 Å². The van der Waals surface area contributed by atoms with Crippen LogP contribution in [0.25, 0.3) is 0 Å². The monoisotopic (exact) mass is 411 g/mol. The van der Waals surface area contributed by atoms with E-state index in [-0.39, 0.29) is 12.8 Å². The van der Waals surface area contributed by atoms with Crippen LogP contribution < -0.4 is 27.8 Å². The average Bonchev–Trinajstić information content (AvgIpc) is 3.19. The molecule has 1 rings (SSSR count). The van der Waals surface area contributed by atoms with Crippen LogP contribution in [-0.2, 0) is 20.8 Å². The number of nitrogens with one attached hydrogen (secondary N) is 3. The minimum Gasteiger partial charge on any atom is -0.480 e. The zero-order valence-electron chi connectivity index (χ0n) is 16.6. The molecular weight excluding hydrogens is 378 g/mol. The second kappa shape index (κ2) is 13.6. The summed E-state index contributed by atoms with van der Waals surface area (Å²) in [6.45, 7) is 0.958. The van der Waals surface area contributed by atoms with E-state index in [1.54, 1.807) is 6.20 Å². The van der Waals surface area contributed by atoms with E-state index in [1.807, 2.05) is 0 Å². The Labute approximate surface area is 170 Å². The van der Waals surface area contributed by atoms with Crippen LogP contribution in [0.5, 0.6) is 0 Å². The number of aliphatic carboxylic acids is 1. The lowest BCUT2D eigenvalue weighted by atomic mass is 10.1. The number of carbonyl (C=O) groups excluding carboxylic acids is 2. The van der Waals surface area contributed by atoms with Gasteiger partial charge in [0.2, 0.25) is 11.8 Å². The smallest absolute Gasteiger partial charge is 0.326 e. The quantitative estimate of drug-likeness (QED) is 0.170. The van der Waals surface area contributed by atoms with Crippen molar-refractivity contribution in [1.29, 1.82) is 0 Å². The Morgan fingerprint density at radius 2 is 1.62 bits per heavy atom. The maximum absolute atomic E-state index is 12.7. The van der Waals surface area contributed by atoms with Crippen LogP contribution in [0.2, 0.25) is 0 Å². The molecule has 0 aliphatic heterocycles. The Morgan fingerprint density at radius 3 is 2.17 bits per heavy atom. The molecule has 2 amide bonds. The van der Waals surface area contributed by atoms with Crippen molar-refractivity contribution in [3.63, 3.8) is 0 Å². The highest BCUT2D eigenvalue weighted by atomic mass is 16.4. The molecule has 3 atom stereocenters. The first kappa shape index (κ1) is 24.5. The first-order chi connectivity index (χ1) is 13.9. The number of carboxylic acids is 1. The van der Waals surface area contributed by atoms with Crippen LogP contribution >= 0.6 is 0 Å². The van der Waals surface area contributed by atoms with Gasteiger partial charge in [0, 0.05) is 12.6 Å². The van der Waals surface area contributed by atoms with E-state index in [1.165, 1.54) is 6.33 Å². The molecule has 0 aliphatic rings. The fraction of sp³-hybridized carbons (Fsp3) is 0.667. The van der Waals surface area contributed by atoms with Gasteiger partial charge in [0.15, 0.2) is 0 Å². The fourth-order valence-corrected chi connectivity index (χ4v) is 2.76. The average molecular weight is 412 g/mol. The Morgan fingerprint density at radius 1 is 1.00 bits per heavy atom. The number of rotatable bonds is 15. The Hall–Kier alpha value is -2.50. The molecule has 0 saturated heterocycles. The number of unbranched alkanes of at least 4 members (excludes halogenated alkanes) is 2. The SMILES string of the molecule is NCCCCC(N)C(=O)NC(Cc1c[nH]cn1)C(=O)NC(CCCCN)C(=O)O. The highest BCUT2D eigenvalue weighted by Crippen LogP contribution is 2.05. The van der Waals surface area contributed by atoms with E-state index in [9.17, 15) is 19.5 Å². The maximum atomic E-state index is 12.7. The molecule has 0 fully saturated rings. The fourth-order valence-electron chi connectivity index (χ4n) is 2.76. The third kappa shape index (κ3) is 9.50. The molecule has 0 bridgehead atoms. The molecule has 10 N–H and O–H groups in total. The van der Waals surface area contributed by atoms with Gasteiger partial charge in [0.25, 0.3) is 0 Å².